The molecule has 0 N–H and O–H groups in total. The van der Waals surface area contributed by atoms with Crippen LogP contribution in [0.4, 0.5) is 11.4 Å². The molecule has 0 spiro atoms. The number of anilines is 2. The van der Waals surface area contributed by atoms with E-state index in [2.05, 4.69) is 120 Å². The minimum absolute atomic E-state index is 0.0313. The van der Waals surface area contributed by atoms with Crippen LogP contribution < -0.4 is 4.90 Å². The Hall–Kier alpha value is -6.26. The van der Waals surface area contributed by atoms with Gasteiger partial charge in [0.05, 0.1) is 17.4 Å². The van der Waals surface area contributed by atoms with Crippen molar-refractivity contribution in [2.75, 3.05) is 4.90 Å². The zero-order valence-electron chi connectivity index (χ0n) is 25.8. The van der Waals surface area contributed by atoms with Crippen LogP contribution in [-0.2, 0) is 6.42 Å². The Morgan fingerprint density at radius 1 is 0.479 bits per heavy atom. The number of nitrogens with zero attached hydrogens (tertiary/aromatic N) is 1. The van der Waals surface area contributed by atoms with E-state index in [-0.39, 0.29) is 6.04 Å². The van der Waals surface area contributed by atoms with Crippen molar-refractivity contribution in [1.82, 2.24) is 0 Å². The molecule has 1 atom stereocenters. The molecule has 1 aliphatic carbocycles. The third-order valence-electron chi connectivity index (χ3n) is 10.2. The van der Waals surface area contributed by atoms with E-state index in [9.17, 15) is 0 Å². The van der Waals surface area contributed by atoms with Crippen LogP contribution in [0.2, 0.25) is 0 Å². The number of para-hydroxylation sites is 3. The average molecular weight is 618 g/mol. The van der Waals surface area contributed by atoms with Gasteiger partial charge in [-0.3, -0.25) is 0 Å². The van der Waals surface area contributed by atoms with Crippen LogP contribution in [0, 0.1) is 0 Å². The van der Waals surface area contributed by atoms with E-state index in [0.29, 0.717) is 0 Å². The summed E-state index contributed by atoms with van der Waals surface area (Å²) in [7, 11) is 0. The first-order valence-corrected chi connectivity index (χ1v) is 16.4. The lowest BCUT2D eigenvalue weighted by Gasteiger charge is -2.34. The maximum absolute atomic E-state index is 6.89. The molecular formula is C44H27NO3. The number of rotatable bonds is 3. The molecule has 0 bridgehead atoms. The summed E-state index contributed by atoms with van der Waals surface area (Å²) in [6.45, 7) is 0. The fourth-order valence-electron chi connectivity index (χ4n) is 8.09. The molecule has 0 aliphatic heterocycles. The molecule has 0 saturated carbocycles. The van der Waals surface area contributed by atoms with E-state index in [1.54, 1.807) is 0 Å². The van der Waals surface area contributed by atoms with Crippen LogP contribution in [0.5, 0.6) is 0 Å². The van der Waals surface area contributed by atoms with Crippen LogP contribution in [0.15, 0.2) is 153 Å². The van der Waals surface area contributed by atoms with Gasteiger partial charge in [0.25, 0.3) is 0 Å². The van der Waals surface area contributed by atoms with E-state index in [4.69, 9.17) is 13.3 Å². The summed E-state index contributed by atoms with van der Waals surface area (Å²) in [6.07, 6.45) is 5.29. The molecule has 4 nitrogen and oxygen atoms in total. The van der Waals surface area contributed by atoms with Crippen LogP contribution in [0.1, 0.15) is 11.3 Å². The van der Waals surface area contributed by atoms with Gasteiger partial charge in [-0.15, -0.1) is 0 Å². The van der Waals surface area contributed by atoms with Gasteiger partial charge in [0.1, 0.15) is 28.1 Å². The van der Waals surface area contributed by atoms with E-state index in [0.717, 1.165) is 78.4 Å². The topological polar surface area (TPSA) is 42.7 Å². The smallest absolute Gasteiger partial charge is 0.159 e. The van der Waals surface area contributed by atoms with Crippen molar-refractivity contribution in [3.05, 3.63) is 151 Å². The summed E-state index contributed by atoms with van der Waals surface area (Å²) in [4.78, 5) is 2.47. The lowest BCUT2D eigenvalue weighted by molar-refractivity contribution is 0.529. The number of hydrogen-bond acceptors (Lipinski definition) is 4. The molecule has 0 saturated heterocycles. The van der Waals surface area contributed by atoms with E-state index >= 15 is 0 Å². The molecule has 3 aromatic heterocycles. The van der Waals surface area contributed by atoms with Crippen molar-refractivity contribution in [2.45, 2.75) is 12.5 Å². The predicted molar refractivity (Wildman–Crippen MR) is 197 cm³/mol. The summed E-state index contributed by atoms with van der Waals surface area (Å²) in [5.74, 6) is 1.00. The Bertz CT molecular complexity index is 2950. The van der Waals surface area contributed by atoms with Crippen molar-refractivity contribution in [1.29, 1.82) is 0 Å². The zero-order chi connectivity index (χ0) is 31.3. The van der Waals surface area contributed by atoms with Crippen molar-refractivity contribution >= 4 is 93.8 Å². The largest absolute Gasteiger partial charge is 0.460 e. The van der Waals surface area contributed by atoms with E-state index in [1.165, 1.54) is 27.1 Å². The Morgan fingerprint density at radius 3 is 1.98 bits per heavy atom. The maximum Gasteiger partial charge on any atom is 0.159 e. The molecule has 7 aromatic carbocycles. The quantitative estimate of drug-likeness (QED) is 0.185. The van der Waals surface area contributed by atoms with Crippen molar-refractivity contribution in [3.63, 3.8) is 0 Å². The first-order valence-electron chi connectivity index (χ1n) is 16.4. The fraction of sp³-hybridized carbons (Fsp3) is 0.0455. The van der Waals surface area contributed by atoms with Gasteiger partial charge in [-0.2, -0.15) is 0 Å². The highest BCUT2D eigenvalue weighted by Gasteiger charge is 2.30. The Labute approximate surface area is 274 Å². The molecule has 4 heteroatoms. The van der Waals surface area contributed by atoms with Crippen LogP contribution in [0.25, 0.3) is 82.5 Å². The van der Waals surface area contributed by atoms with Crippen molar-refractivity contribution in [2.24, 2.45) is 0 Å². The highest BCUT2D eigenvalue weighted by atomic mass is 16.3. The molecule has 1 aliphatic rings. The van der Waals surface area contributed by atoms with Gasteiger partial charge in [0, 0.05) is 44.3 Å². The third kappa shape index (κ3) is 3.54. The molecule has 0 amide bonds. The second-order valence-electron chi connectivity index (χ2n) is 12.8. The Balaban J connectivity index is 1.21. The van der Waals surface area contributed by atoms with Gasteiger partial charge < -0.3 is 18.2 Å². The van der Waals surface area contributed by atoms with Gasteiger partial charge >= 0.3 is 0 Å². The fourth-order valence-corrected chi connectivity index (χ4v) is 8.09. The average Bonchev–Trinajstić information content (AvgIpc) is 3.83. The molecule has 0 fully saturated rings. The zero-order valence-corrected chi connectivity index (χ0v) is 25.8. The SMILES string of the molecule is C1=CC(N(c2cc3ccccc3c3ccccc23)c2cccc3c2oc2ccc4oc5ccccc5c4c23)Cc2oc3ccccc3c21. The normalized spacial score (nSPS) is 14.7. The summed E-state index contributed by atoms with van der Waals surface area (Å²) in [6, 6.07) is 46.9. The second kappa shape index (κ2) is 9.63. The lowest BCUT2D eigenvalue weighted by Crippen LogP contribution is -2.33. The van der Waals surface area contributed by atoms with E-state index < -0.39 is 0 Å². The first-order chi connectivity index (χ1) is 23.8. The Morgan fingerprint density at radius 2 is 1.12 bits per heavy atom. The van der Waals surface area contributed by atoms with Crippen LogP contribution in [0.3, 0.4) is 0 Å². The molecule has 11 rings (SSSR count). The number of fused-ring (bicyclic) bond motifs is 13. The highest BCUT2D eigenvalue weighted by Crippen LogP contribution is 2.47. The van der Waals surface area contributed by atoms with Gasteiger partial charge in [-0.25, -0.2) is 0 Å². The summed E-state index contributed by atoms with van der Waals surface area (Å²) in [5, 5.41) is 10.3. The van der Waals surface area contributed by atoms with Crippen LogP contribution in [-0.4, -0.2) is 6.04 Å². The van der Waals surface area contributed by atoms with Gasteiger partial charge in [0.2, 0.25) is 0 Å². The van der Waals surface area contributed by atoms with E-state index in [1.807, 2.05) is 30.3 Å². The minimum atomic E-state index is -0.0313. The molecule has 48 heavy (non-hydrogen) atoms. The van der Waals surface area contributed by atoms with Crippen molar-refractivity contribution in [3.8, 4) is 0 Å². The summed E-state index contributed by atoms with van der Waals surface area (Å²) in [5.41, 5.74) is 7.67. The molecule has 0 radical (unpaired) electrons. The first kappa shape index (κ1) is 25.9. The highest BCUT2D eigenvalue weighted by molar-refractivity contribution is 6.27. The summed E-state index contributed by atoms with van der Waals surface area (Å²) >= 11 is 0. The predicted octanol–water partition coefficient (Wildman–Crippen LogP) is 12.3. The van der Waals surface area contributed by atoms with Gasteiger partial charge in [-0.05, 0) is 52.6 Å². The van der Waals surface area contributed by atoms with Gasteiger partial charge in [0.15, 0.2) is 5.58 Å². The van der Waals surface area contributed by atoms with Gasteiger partial charge in [-0.1, -0.05) is 109 Å². The number of hydrogen-bond donors (Lipinski definition) is 0. The molecule has 10 aromatic rings. The monoisotopic (exact) mass is 617 g/mol. The Kier molecular flexibility index (Phi) is 5.19. The van der Waals surface area contributed by atoms with Crippen LogP contribution >= 0.6 is 0 Å². The minimum Gasteiger partial charge on any atom is -0.460 e. The number of benzene rings is 7. The molecular weight excluding hydrogens is 590 g/mol. The summed E-state index contributed by atoms with van der Waals surface area (Å²) < 4.78 is 19.7. The maximum atomic E-state index is 6.89. The third-order valence-corrected chi connectivity index (χ3v) is 10.2. The standard InChI is InChI=1S/C44H27NO3/c1-2-11-28-26(10-1)24-36(30-13-4-3-12-29(28)30)45(27-20-21-32-31-14-5-7-18-37(31)47-41(32)25-27)35-17-9-16-34-43-40(48-44(34)35)23-22-39-42(43)33-15-6-8-19-38(33)46-39/h1-24,27H,25H2. The molecule has 226 valence electrons. The lowest BCUT2D eigenvalue weighted by atomic mass is 9.94. The van der Waals surface area contributed by atoms with Crippen molar-refractivity contribution < 1.29 is 13.3 Å². The molecule has 3 heterocycles. The number of furan rings is 3. The second-order valence-corrected chi connectivity index (χ2v) is 12.8. The molecule has 1 unspecified atom stereocenters.